The summed E-state index contributed by atoms with van der Waals surface area (Å²) in [5.74, 6) is 0.485. The van der Waals surface area contributed by atoms with Crippen LogP contribution >= 0.6 is 11.6 Å². The molecule has 5 heteroatoms. The van der Waals surface area contributed by atoms with Gasteiger partial charge in [-0.15, -0.1) is 0 Å². The summed E-state index contributed by atoms with van der Waals surface area (Å²) < 4.78 is 0. The number of hydrogen-bond acceptors (Lipinski definition) is 3. The van der Waals surface area contributed by atoms with Gasteiger partial charge in [0, 0.05) is 5.02 Å². The van der Waals surface area contributed by atoms with Crippen LogP contribution in [0.2, 0.25) is 5.02 Å². The lowest BCUT2D eigenvalue weighted by Gasteiger charge is -2.50. The van der Waals surface area contributed by atoms with Gasteiger partial charge in [0.05, 0.1) is 11.6 Å². The van der Waals surface area contributed by atoms with Gasteiger partial charge < -0.3 is 15.2 Å². The maximum atomic E-state index is 11.4. The summed E-state index contributed by atoms with van der Waals surface area (Å²) in [4.78, 5) is 21.8. The molecule has 4 atom stereocenters. The lowest BCUT2D eigenvalue weighted by atomic mass is 9.58. The smallest absolute Gasteiger partial charge is 0.207 e. The fourth-order valence-electron chi connectivity index (χ4n) is 4.29. The van der Waals surface area contributed by atoms with E-state index in [0.29, 0.717) is 23.8 Å². The van der Waals surface area contributed by atoms with Gasteiger partial charge in [0.2, 0.25) is 6.41 Å². The summed E-state index contributed by atoms with van der Waals surface area (Å²) in [7, 11) is 0. The van der Waals surface area contributed by atoms with Crippen molar-refractivity contribution in [2.45, 2.75) is 58.1 Å². The van der Waals surface area contributed by atoms with E-state index >= 15 is 0 Å². The van der Waals surface area contributed by atoms with E-state index in [0.717, 1.165) is 31.1 Å². The summed E-state index contributed by atoms with van der Waals surface area (Å²) in [6.45, 7) is 6.18. The molecule has 1 saturated carbocycles. The second kappa shape index (κ2) is 7.88. The average molecular weight is 366 g/mol. The van der Waals surface area contributed by atoms with Crippen LogP contribution in [0, 0.1) is 17.3 Å². The van der Waals surface area contributed by atoms with Gasteiger partial charge in [-0.05, 0) is 60.6 Å². The number of carbonyl (C=O) groups is 2. The van der Waals surface area contributed by atoms with Crippen LogP contribution in [-0.4, -0.2) is 23.8 Å². The number of rotatable bonds is 7. The third-order valence-electron chi connectivity index (χ3n) is 5.88. The minimum atomic E-state index is -0.886. The molecule has 1 amide bonds. The monoisotopic (exact) mass is 365 g/mol. The lowest BCUT2D eigenvalue weighted by Crippen LogP contribution is -2.47. The first-order valence-electron chi connectivity index (χ1n) is 8.87. The van der Waals surface area contributed by atoms with Gasteiger partial charge in [-0.3, -0.25) is 4.79 Å². The molecule has 1 aliphatic carbocycles. The van der Waals surface area contributed by atoms with Crippen molar-refractivity contribution in [3.8, 4) is 0 Å². The quantitative estimate of drug-likeness (QED) is 0.724. The van der Waals surface area contributed by atoms with Gasteiger partial charge in [0.25, 0.3) is 0 Å². The van der Waals surface area contributed by atoms with Crippen molar-refractivity contribution in [1.29, 1.82) is 0 Å². The van der Waals surface area contributed by atoms with E-state index in [1.807, 2.05) is 31.2 Å². The van der Waals surface area contributed by atoms with Crippen molar-refractivity contribution in [3.63, 3.8) is 0 Å². The van der Waals surface area contributed by atoms with Gasteiger partial charge in [0.15, 0.2) is 0 Å². The van der Waals surface area contributed by atoms with Crippen molar-refractivity contribution in [2.24, 2.45) is 17.3 Å². The van der Waals surface area contributed by atoms with Crippen molar-refractivity contribution >= 4 is 24.3 Å². The molecule has 0 aromatic heterocycles. The van der Waals surface area contributed by atoms with Crippen LogP contribution in [0.5, 0.6) is 0 Å². The molecule has 0 aliphatic heterocycles. The first-order chi connectivity index (χ1) is 11.7. The minimum Gasteiger partial charge on any atom is -0.385 e. The molecule has 0 spiro atoms. The van der Waals surface area contributed by atoms with Gasteiger partial charge in [-0.25, -0.2) is 0 Å². The predicted molar refractivity (Wildman–Crippen MR) is 99.3 cm³/mol. The molecule has 0 saturated heterocycles. The van der Waals surface area contributed by atoms with E-state index in [4.69, 9.17) is 11.6 Å². The normalized spacial score (nSPS) is 28.0. The van der Waals surface area contributed by atoms with E-state index in [2.05, 4.69) is 19.2 Å². The van der Waals surface area contributed by atoms with E-state index < -0.39 is 11.6 Å². The molecular formula is C20H28ClNO3. The Kier molecular flexibility index (Phi) is 6.28. The van der Waals surface area contributed by atoms with Crippen molar-refractivity contribution in [3.05, 3.63) is 34.9 Å². The number of aliphatic hydroxyl groups is 1. The summed E-state index contributed by atoms with van der Waals surface area (Å²) in [5.41, 5.74) is -0.275. The Morgan fingerprint density at radius 2 is 1.96 bits per heavy atom. The van der Waals surface area contributed by atoms with Crippen LogP contribution in [0.1, 0.15) is 52.0 Å². The Balaban J connectivity index is 2.10. The molecule has 25 heavy (non-hydrogen) atoms. The fraction of sp³-hybridized carbons (Fsp3) is 0.600. The zero-order valence-electron chi connectivity index (χ0n) is 15.2. The Labute approximate surface area is 155 Å². The van der Waals surface area contributed by atoms with Crippen molar-refractivity contribution < 1.29 is 14.7 Å². The third-order valence-corrected chi connectivity index (χ3v) is 6.13. The Hall–Kier alpha value is -1.39. The highest BCUT2D eigenvalue weighted by Crippen LogP contribution is 2.53. The number of halogens is 1. The van der Waals surface area contributed by atoms with Crippen LogP contribution in [0.4, 0.5) is 0 Å². The number of nitrogens with one attached hydrogen (secondary N) is 1. The average Bonchev–Trinajstić information content (AvgIpc) is 2.56. The summed E-state index contributed by atoms with van der Waals surface area (Å²) in [6, 6.07) is 7.00. The lowest BCUT2D eigenvalue weighted by molar-refractivity contribution is -0.122. The zero-order valence-corrected chi connectivity index (χ0v) is 15.9. The molecule has 1 fully saturated rings. The highest BCUT2D eigenvalue weighted by Gasteiger charge is 2.49. The molecule has 1 aliphatic rings. The predicted octanol–water partition coefficient (Wildman–Crippen LogP) is 3.69. The Morgan fingerprint density at radius 1 is 1.32 bits per heavy atom. The molecule has 2 unspecified atom stereocenters. The summed E-state index contributed by atoms with van der Waals surface area (Å²) in [5, 5.41) is 14.6. The van der Waals surface area contributed by atoms with E-state index in [9.17, 15) is 14.7 Å². The van der Waals surface area contributed by atoms with Gasteiger partial charge in [-0.1, -0.05) is 44.5 Å². The Morgan fingerprint density at radius 3 is 2.48 bits per heavy atom. The minimum absolute atomic E-state index is 0.0743. The highest BCUT2D eigenvalue weighted by atomic mass is 35.5. The van der Waals surface area contributed by atoms with Crippen LogP contribution < -0.4 is 5.32 Å². The molecule has 0 heterocycles. The number of amides is 1. The van der Waals surface area contributed by atoms with Crippen molar-refractivity contribution in [1.82, 2.24) is 5.32 Å². The van der Waals surface area contributed by atoms with Crippen LogP contribution in [0.25, 0.3) is 0 Å². The first kappa shape index (κ1) is 19.9. The maximum Gasteiger partial charge on any atom is 0.207 e. The Bertz CT molecular complexity index is 601. The third kappa shape index (κ3) is 4.24. The number of aldehydes is 1. The zero-order chi connectivity index (χ0) is 18.7. The topological polar surface area (TPSA) is 66.4 Å². The van der Waals surface area contributed by atoms with Crippen molar-refractivity contribution in [2.75, 3.05) is 0 Å². The molecule has 1 aromatic carbocycles. The molecule has 4 nitrogen and oxygen atoms in total. The summed E-state index contributed by atoms with van der Waals surface area (Å²) >= 11 is 5.98. The van der Waals surface area contributed by atoms with Gasteiger partial charge >= 0.3 is 0 Å². The molecule has 138 valence electrons. The second-order valence-electron chi connectivity index (χ2n) is 8.02. The van der Waals surface area contributed by atoms with E-state index in [-0.39, 0.29) is 11.3 Å². The van der Waals surface area contributed by atoms with Crippen LogP contribution in [0.3, 0.4) is 0 Å². The molecule has 2 rings (SSSR count). The molecule has 2 N–H and O–H groups in total. The van der Waals surface area contributed by atoms with Gasteiger partial charge in [-0.2, -0.15) is 0 Å². The first-order valence-corrected chi connectivity index (χ1v) is 9.24. The number of benzene rings is 1. The number of hydrogen-bond donors (Lipinski definition) is 2. The largest absolute Gasteiger partial charge is 0.385 e. The molecule has 1 aromatic rings. The maximum absolute atomic E-state index is 11.4. The molecule has 0 bridgehead atoms. The molecular weight excluding hydrogens is 338 g/mol. The second-order valence-corrected chi connectivity index (χ2v) is 8.46. The SMILES string of the molecule is CC(CC1CC[C@](O)(c2ccc(Cl)cc2)C(C)(C)C1)[C@@H](C=O)NC=O. The standard InChI is InChI=1S/C20H28ClNO3/c1-14(18(12-23)22-13-24)10-15-8-9-20(25,19(2,3)11-15)16-4-6-17(21)7-5-16/h4-7,12-15,18,25H,8-11H2,1-3H3,(H,22,24)/t14?,15?,18-,20+/m1/s1. The van der Waals surface area contributed by atoms with E-state index in [1.54, 1.807) is 0 Å². The van der Waals surface area contributed by atoms with Gasteiger partial charge in [0.1, 0.15) is 6.29 Å². The summed E-state index contributed by atoms with van der Waals surface area (Å²) in [6.07, 6.45) is 4.66. The molecule has 0 radical (unpaired) electrons. The van der Waals surface area contributed by atoms with Crippen LogP contribution in [-0.2, 0) is 15.2 Å². The van der Waals surface area contributed by atoms with E-state index in [1.165, 1.54) is 0 Å². The number of carbonyl (C=O) groups excluding carboxylic acids is 2. The van der Waals surface area contributed by atoms with Crippen LogP contribution in [0.15, 0.2) is 24.3 Å². The highest BCUT2D eigenvalue weighted by molar-refractivity contribution is 6.30. The fourth-order valence-corrected chi connectivity index (χ4v) is 4.42.